The lowest BCUT2D eigenvalue weighted by Crippen LogP contribution is -3.00. The molecule has 0 radical (unpaired) electrons. The first-order valence-electron chi connectivity index (χ1n) is 5.95. The van der Waals surface area contributed by atoms with Crippen molar-refractivity contribution in [3.8, 4) is 0 Å². The molecule has 1 heterocycles. The number of hydrogen-bond donors (Lipinski definition) is 2. The van der Waals surface area contributed by atoms with Crippen molar-refractivity contribution in [2.75, 3.05) is 46.4 Å². The van der Waals surface area contributed by atoms with Gasteiger partial charge in [0.15, 0.2) is 0 Å². The van der Waals surface area contributed by atoms with Gasteiger partial charge in [0.05, 0.1) is 26.8 Å². The molecule has 0 spiro atoms. The Morgan fingerprint density at radius 1 is 1.44 bits per heavy atom. The minimum atomic E-state index is -0.308. The maximum absolute atomic E-state index is 11.3. The Morgan fingerprint density at radius 3 is 2.61 bits per heavy atom. The van der Waals surface area contributed by atoms with E-state index in [1.54, 1.807) is 0 Å². The van der Waals surface area contributed by atoms with Crippen LogP contribution in [0.4, 0.5) is 0 Å². The molecule has 0 atom stereocenters. The molecular weight excluding hydrogens is 349 g/mol. The molecule has 1 aliphatic rings. The van der Waals surface area contributed by atoms with Crippen molar-refractivity contribution in [1.82, 2.24) is 5.32 Å². The van der Waals surface area contributed by atoms with E-state index in [0.717, 1.165) is 43.8 Å². The van der Waals surface area contributed by atoms with E-state index in [4.69, 9.17) is 9.94 Å². The summed E-state index contributed by atoms with van der Waals surface area (Å²) < 4.78 is 6.33. The van der Waals surface area contributed by atoms with Crippen LogP contribution in [-0.4, -0.2) is 67.7 Å². The van der Waals surface area contributed by atoms with Gasteiger partial charge in [0, 0.05) is 13.0 Å². The predicted octanol–water partition coefficient (Wildman–Crippen LogP) is -3.18. The van der Waals surface area contributed by atoms with Crippen molar-refractivity contribution in [3.63, 3.8) is 0 Å². The van der Waals surface area contributed by atoms with Gasteiger partial charge >= 0.3 is 0 Å². The third-order valence-electron chi connectivity index (χ3n) is 3.19. The molecule has 1 rings (SSSR count). The van der Waals surface area contributed by atoms with Crippen LogP contribution in [-0.2, 0) is 9.53 Å². The Labute approximate surface area is 125 Å². The number of quaternary nitrogens is 1. The molecule has 0 aliphatic carbocycles. The number of nitrogens with zero attached hydrogens (tertiary/aromatic N) is 2. The van der Waals surface area contributed by atoms with Crippen molar-refractivity contribution >= 4 is 11.6 Å². The Hall–Kier alpha value is -0.410. The number of carbonyl (C=O) groups excluding carboxylic acids is 1. The van der Waals surface area contributed by atoms with Crippen LogP contribution >= 0.6 is 0 Å². The Morgan fingerprint density at radius 2 is 2.06 bits per heavy atom. The number of carbonyl (C=O) groups is 1. The number of nitrogens with one attached hydrogen (secondary N) is 1. The van der Waals surface area contributed by atoms with Crippen LogP contribution in [0.25, 0.3) is 0 Å². The van der Waals surface area contributed by atoms with Gasteiger partial charge in [-0.15, -0.1) is 0 Å². The Bertz CT molecular complexity index is 291. The highest BCUT2D eigenvalue weighted by Crippen LogP contribution is 2.07. The number of amides is 1. The standard InChI is InChI=1S/C11H21N3O3.HI/c1-10(13-16)11(15)12-4-3-5-14(2)6-8-17-9-7-14;/h3-9H2,1-2H3,(H-,12,15,16);1H. The second-order valence-corrected chi connectivity index (χ2v) is 4.70. The molecule has 1 fully saturated rings. The molecule has 0 bridgehead atoms. The summed E-state index contributed by atoms with van der Waals surface area (Å²) in [6.45, 7) is 6.82. The van der Waals surface area contributed by atoms with Crippen molar-refractivity contribution in [2.45, 2.75) is 13.3 Å². The van der Waals surface area contributed by atoms with E-state index < -0.39 is 0 Å². The maximum atomic E-state index is 11.3. The first kappa shape index (κ1) is 17.6. The molecule has 1 aliphatic heterocycles. The van der Waals surface area contributed by atoms with Gasteiger partial charge in [-0.25, -0.2) is 0 Å². The van der Waals surface area contributed by atoms with Crippen LogP contribution in [0.5, 0.6) is 0 Å². The quantitative estimate of drug-likeness (QED) is 0.134. The number of oxime groups is 1. The third-order valence-corrected chi connectivity index (χ3v) is 3.19. The molecule has 1 saturated heterocycles. The van der Waals surface area contributed by atoms with E-state index >= 15 is 0 Å². The fourth-order valence-corrected chi connectivity index (χ4v) is 1.84. The minimum Gasteiger partial charge on any atom is -1.00 e. The topological polar surface area (TPSA) is 70.9 Å². The van der Waals surface area contributed by atoms with Crippen LogP contribution in [0, 0.1) is 0 Å². The van der Waals surface area contributed by atoms with E-state index in [2.05, 4.69) is 17.5 Å². The number of halogens is 1. The summed E-state index contributed by atoms with van der Waals surface area (Å²) in [6.07, 6.45) is 0.918. The Balaban J connectivity index is 0.00000289. The van der Waals surface area contributed by atoms with E-state index in [0.29, 0.717) is 6.54 Å². The summed E-state index contributed by atoms with van der Waals surface area (Å²) in [5.41, 5.74) is 0.0942. The Kier molecular flexibility index (Phi) is 8.45. The summed E-state index contributed by atoms with van der Waals surface area (Å²) in [6, 6.07) is 0. The summed E-state index contributed by atoms with van der Waals surface area (Å²) >= 11 is 0. The fraction of sp³-hybridized carbons (Fsp3) is 0.818. The molecular formula is C11H22IN3O3. The first-order chi connectivity index (χ1) is 8.07. The molecule has 7 heteroatoms. The van der Waals surface area contributed by atoms with Gasteiger partial charge < -0.3 is 43.7 Å². The van der Waals surface area contributed by atoms with Crippen molar-refractivity contribution < 1.29 is 43.2 Å². The molecule has 106 valence electrons. The van der Waals surface area contributed by atoms with Crippen LogP contribution in [0.15, 0.2) is 5.16 Å². The van der Waals surface area contributed by atoms with Gasteiger partial charge in [-0.3, -0.25) is 4.79 Å². The van der Waals surface area contributed by atoms with E-state index in [9.17, 15) is 4.79 Å². The molecule has 0 aromatic rings. The normalized spacial score (nSPS) is 18.9. The lowest BCUT2D eigenvalue weighted by molar-refractivity contribution is -0.916. The molecule has 1 amide bonds. The molecule has 0 unspecified atom stereocenters. The summed E-state index contributed by atoms with van der Waals surface area (Å²) in [4.78, 5) is 11.3. The predicted molar refractivity (Wildman–Crippen MR) is 64.1 cm³/mol. The highest BCUT2D eigenvalue weighted by Gasteiger charge is 2.24. The first-order valence-corrected chi connectivity index (χ1v) is 5.95. The average Bonchev–Trinajstić information content (AvgIpc) is 2.34. The number of likely N-dealkylation sites (N-methyl/N-ethyl adjacent to an activating group) is 1. The zero-order valence-corrected chi connectivity index (χ0v) is 13.1. The summed E-state index contributed by atoms with van der Waals surface area (Å²) in [5.74, 6) is -0.308. The largest absolute Gasteiger partial charge is 1.00 e. The lowest BCUT2D eigenvalue weighted by atomic mass is 10.3. The number of ether oxygens (including phenoxy) is 1. The number of hydrogen-bond acceptors (Lipinski definition) is 4. The van der Waals surface area contributed by atoms with Gasteiger partial charge in [-0.2, -0.15) is 0 Å². The molecule has 0 aromatic carbocycles. The molecule has 0 aromatic heterocycles. The minimum absolute atomic E-state index is 0. The van der Waals surface area contributed by atoms with Crippen molar-refractivity contribution in [2.24, 2.45) is 5.16 Å². The second kappa shape index (κ2) is 8.65. The lowest BCUT2D eigenvalue weighted by Gasteiger charge is -2.37. The second-order valence-electron chi connectivity index (χ2n) is 4.70. The van der Waals surface area contributed by atoms with E-state index in [-0.39, 0.29) is 35.6 Å². The van der Waals surface area contributed by atoms with Gasteiger partial charge in [0.25, 0.3) is 5.91 Å². The fourth-order valence-electron chi connectivity index (χ4n) is 1.84. The average molecular weight is 371 g/mol. The smallest absolute Gasteiger partial charge is 0.268 e. The monoisotopic (exact) mass is 371 g/mol. The highest BCUT2D eigenvalue weighted by molar-refractivity contribution is 6.37. The van der Waals surface area contributed by atoms with Gasteiger partial charge in [-0.05, 0) is 6.92 Å². The van der Waals surface area contributed by atoms with E-state index in [1.807, 2.05) is 0 Å². The van der Waals surface area contributed by atoms with Crippen LogP contribution < -0.4 is 29.3 Å². The van der Waals surface area contributed by atoms with E-state index in [1.165, 1.54) is 6.92 Å². The zero-order valence-electron chi connectivity index (χ0n) is 11.0. The van der Waals surface area contributed by atoms with Crippen LogP contribution in [0.1, 0.15) is 13.3 Å². The van der Waals surface area contributed by atoms with Crippen molar-refractivity contribution in [1.29, 1.82) is 0 Å². The molecule has 18 heavy (non-hydrogen) atoms. The van der Waals surface area contributed by atoms with Crippen LogP contribution in [0.3, 0.4) is 0 Å². The summed E-state index contributed by atoms with van der Waals surface area (Å²) in [7, 11) is 2.21. The van der Waals surface area contributed by atoms with Crippen LogP contribution in [0.2, 0.25) is 0 Å². The maximum Gasteiger partial charge on any atom is 0.268 e. The van der Waals surface area contributed by atoms with Gasteiger partial charge in [-0.1, -0.05) is 5.16 Å². The SMILES string of the molecule is C/C(=N\O)C(=O)NCCC[N+]1(C)CCOCC1.[I-]. The summed E-state index contributed by atoms with van der Waals surface area (Å²) in [5, 5.41) is 14.0. The molecule has 6 nitrogen and oxygen atoms in total. The van der Waals surface area contributed by atoms with Gasteiger partial charge in [0.2, 0.25) is 0 Å². The third kappa shape index (κ3) is 5.96. The zero-order chi connectivity index (χ0) is 12.7. The molecule has 2 N–H and O–H groups in total. The number of rotatable bonds is 5. The molecule has 0 saturated carbocycles. The highest BCUT2D eigenvalue weighted by atomic mass is 127. The van der Waals surface area contributed by atoms with Gasteiger partial charge in [0.1, 0.15) is 18.8 Å². The number of morpholine rings is 1. The van der Waals surface area contributed by atoms with Crippen molar-refractivity contribution in [3.05, 3.63) is 0 Å².